The highest BCUT2D eigenvalue weighted by Gasteiger charge is 2.40. The second-order valence-electron chi connectivity index (χ2n) is 9.47. The van der Waals surface area contributed by atoms with Crippen LogP contribution in [0.3, 0.4) is 0 Å². The summed E-state index contributed by atoms with van der Waals surface area (Å²) in [6, 6.07) is 0. The van der Waals surface area contributed by atoms with Crippen LogP contribution in [0, 0.1) is 23.7 Å². The van der Waals surface area contributed by atoms with Gasteiger partial charge in [-0.05, 0) is 50.9 Å². The van der Waals surface area contributed by atoms with E-state index in [0.717, 1.165) is 18.3 Å². The summed E-state index contributed by atoms with van der Waals surface area (Å²) < 4.78 is 17.8. The minimum atomic E-state index is -0.505. The molecule has 5 nitrogen and oxygen atoms in total. The van der Waals surface area contributed by atoms with Gasteiger partial charge < -0.3 is 19.3 Å². The van der Waals surface area contributed by atoms with Gasteiger partial charge in [-0.3, -0.25) is 4.79 Å². The lowest BCUT2D eigenvalue weighted by molar-refractivity contribution is -0.266. The fourth-order valence-electron chi connectivity index (χ4n) is 5.86. The number of rotatable bonds is 7. The van der Waals surface area contributed by atoms with Crippen molar-refractivity contribution in [3.05, 3.63) is 0 Å². The van der Waals surface area contributed by atoms with Crippen molar-refractivity contribution in [2.24, 2.45) is 23.7 Å². The minimum absolute atomic E-state index is 0.0683. The first kappa shape index (κ1) is 22.0. The van der Waals surface area contributed by atoms with E-state index in [4.69, 9.17) is 14.2 Å². The summed E-state index contributed by atoms with van der Waals surface area (Å²) in [7, 11) is 0. The number of carbonyl (C=O) groups excluding carboxylic acids is 1. The Morgan fingerprint density at radius 1 is 1.14 bits per heavy atom. The summed E-state index contributed by atoms with van der Waals surface area (Å²) in [6.07, 6.45) is 10.8. The van der Waals surface area contributed by atoms with E-state index in [0.29, 0.717) is 25.4 Å². The summed E-state index contributed by atoms with van der Waals surface area (Å²) >= 11 is 0. The van der Waals surface area contributed by atoms with Crippen molar-refractivity contribution in [3.63, 3.8) is 0 Å². The second kappa shape index (κ2) is 10.4. The van der Waals surface area contributed by atoms with Gasteiger partial charge in [0.05, 0.1) is 18.8 Å². The number of carbonyl (C=O) groups is 1. The topological polar surface area (TPSA) is 65.0 Å². The third-order valence-corrected chi connectivity index (χ3v) is 7.22. The number of aliphatic hydroxyl groups excluding tert-OH is 1. The molecule has 0 spiro atoms. The Balaban J connectivity index is 1.47. The molecule has 3 aliphatic rings. The van der Waals surface area contributed by atoms with Crippen LogP contribution in [0.4, 0.5) is 0 Å². The second-order valence-corrected chi connectivity index (χ2v) is 9.47. The van der Waals surface area contributed by atoms with Crippen molar-refractivity contribution in [3.8, 4) is 0 Å². The highest BCUT2D eigenvalue weighted by molar-refractivity contribution is 5.66. The SMILES string of the molecule is CCC1OC(C2CCC3CCCCC3C2)OCC1CC(O)CC(C)OC(C)=O. The van der Waals surface area contributed by atoms with Gasteiger partial charge >= 0.3 is 5.97 Å². The number of ether oxygens (including phenoxy) is 3. The van der Waals surface area contributed by atoms with E-state index in [1.807, 2.05) is 6.92 Å². The number of esters is 1. The maximum Gasteiger partial charge on any atom is 0.302 e. The molecule has 0 aromatic heterocycles. The zero-order chi connectivity index (χ0) is 20.1. The maximum atomic E-state index is 11.1. The lowest BCUT2D eigenvalue weighted by Gasteiger charge is -2.45. The van der Waals surface area contributed by atoms with Gasteiger partial charge in [0.2, 0.25) is 0 Å². The molecule has 162 valence electrons. The van der Waals surface area contributed by atoms with Gasteiger partial charge in [0.15, 0.2) is 6.29 Å². The molecule has 0 bridgehead atoms. The average Bonchev–Trinajstić information content (AvgIpc) is 2.67. The predicted octanol–water partition coefficient (Wildman–Crippen LogP) is 4.45. The summed E-state index contributed by atoms with van der Waals surface area (Å²) in [5.41, 5.74) is 0. The quantitative estimate of drug-likeness (QED) is 0.644. The van der Waals surface area contributed by atoms with Crippen LogP contribution in [-0.2, 0) is 19.0 Å². The molecule has 1 aliphatic heterocycles. The summed E-state index contributed by atoms with van der Waals surface area (Å²) in [4.78, 5) is 11.1. The smallest absolute Gasteiger partial charge is 0.302 e. The third-order valence-electron chi connectivity index (χ3n) is 7.22. The van der Waals surface area contributed by atoms with Crippen molar-refractivity contribution in [2.75, 3.05) is 6.61 Å². The van der Waals surface area contributed by atoms with E-state index < -0.39 is 6.10 Å². The lowest BCUT2D eigenvalue weighted by Crippen LogP contribution is -2.46. The van der Waals surface area contributed by atoms with Crippen molar-refractivity contribution in [1.29, 1.82) is 0 Å². The van der Waals surface area contributed by atoms with E-state index >= 15 is 0 Å². The molecule has 0 aromatic carbocycles. The molecule has 2 saturated carbocycles. The van der Waals surface area contributed by atoms with Gasteiger partial charge in [-0.1, -0.05) is 32.6 Å². The Morgan fingerprint density at radius 2 is 1.86 bits per heavy atom. The zero-order valence-electron chi connectivity index (χ0n) is 18.0. The fraction of sp³-hybridized carbons (Fsp3) is 0.957. The molecular weight excluding hydrogens is 356 g/mol. The Kier molecular flexibility index (Phi) is 8.19. The van der Waals surface area contributed by atoms with E-state index in [9.17, 15) is 9.90 Å². The molecule has 2 aliphatic carbocycles. The van der Waals surface area contributed by atoms with E-state index in [2.05, 4.69) is 6.92 Å². The molecular formula is C23H40O5. The molecule has 5 heteroatoms. The molecule has 1 N–H and O–H groups in total. The van der Waals surface area contributed by atoms with Gasteiger partial charge in [0, 0.05) is 25.2 Å². The van der Waals surface area contributed by atoms with Crippen LogP contribution in [0.25, 0.3) is 0 Å². The van der Waals surface area contributed by atoms with Crippen LogP contribution in [-0.4, -0.2) is 42.3 Å². The highest BCUT2D eigenvalue weighted by Crippen LogP contribution is 2.45. The zero-order valence-corrected chi connectivity index (χ0v) is 18.0. The van der Waals surface area contributed by atoms with Crippen molar-refractivity contribution in [1.82, 2.24) is 0 Å². The van der Waals surface area contributed by atoms with Crippen molar-refractivity contribution in [2.45, 2.75) is 110 Å². The molecule has 8 atom stereocenters. The molecule has 1 heterocycles. The van der Waals surface area contributed by atoms with Crippen molar-refractivity contribution < 1.29 is 24.1 Å². The summed E-state index contributed by atoms with van der Waals surface area (Å²) in [5.74, 6) is 2.25. The Bertz CT molecular complexity index is 495. The molecule has 3 fully saturated rings. The molecule has 0 aromatic rings. The molecule has 0 amide bonds. The van der Waals surface area contributed by atoms with E-state index in [1.54, 1.807) is 0 Å². The standard InChI is InChI=1S/C23H40O5/c1-4-22-20(13-21(25)11-15(2)27-16(3)24)14-26-23(28-22)19-10-9-17-7-5-6-8-18(17)12-19/h15,17-23,25H,4-14H2,1-3H3. The summed E-state index contributed by atoms with van der Waals surface area (Å²) in [6.45, 7) is 6.05. The molecule has 0 radical (unpaired) electrons. The fourth-order valence-corrected chi connectivity index (χ4v) is 5.86. The van der Waals surface area contributed by atoms with Crippen LogP contribution in [0.1, 0.15) is 85.0 Å². The van der Waals surface area contributed by atoms with Gasteiger partial charge in [-0.15, -0.1) is 0 Å². The van der Waals surface area contributed by atoms with E-state index in [1.165, 1.54) is 51.9 Å². The molecule has 28 heavy (non-hydrogen) atoms. The van der Waals surface area contributed by atoms with Crippen LogP contribution in [0.15, 0.2) is 0 Å². The average molecular weight is 397 g/mol. The van der Waals surface area contributed by atoms with Crippen molar-refractivity contribution >= 4 is 5.97 Å². The number of hydrogen-bond donors (Lipinski definition) is 1. The first-order chi connectivity index (χ1) is 13.5. The van der Waals surface area contributed by atoms with Crippen LogP contribution >= 0.6 is 0 Å². The Hall–Kier alpha value is -0.650. The van der Waals surface area contributed by atoms with Crippen LogP contribution in [0.5, 0.6) is 0 Å². The normalized spacial score (nSPS) is 38.3. The van der Waals surface area contributed by atoms with Gasteiger partial charge in [-0.2, -0.15) is 0 Å². The first-order valence-corrected chi connectivity index (χ1v) is 11.6. The van der Waals surface area contributed by atoms with Gasteiger partial charge in [-0.25, -0.2) is 0 Å². The van der Waals surface area contributed by atoms with E-state index in [-0.39, 0.29) is 30.4 Å². The van der Waals surface area contributed by atoms with Crippen LogP contribution in [0.2, 0.25) is 0 Å². The Labute approximate surface area is 170 Å². The summed E-state index contributed by atoms with van der Waals surface area (Å²) in [5, 5.41) is 10.4. The minimum Gasteiger partial charge on any atom is -0.463 e. The number of fused-ring (bicyclic) bond motifs is 1. The van der Waals surface area contributed by atoms with Crippen LogP contribution < -0.4 is 0 Å². The highest BCUT2D eigenvalue weighted by atomic mass is 16.7. The predicted molar refractivity (Wildman–Crippen MR) is 108 cm³/mol. The van der Waals surface area contributed by atoms with Gasteiger partial charge in [0.25, 0.3) is 0 Å². The third kappa shape index (κ3) is 5.93. The number of aliphatic hydroxyl groups is 1. The molecule has 1 saturated heterocycles. The maximum absolute atomic E-state index is 11.1. The van der Waals surface area contributed by atoms with Gasteiger partial charge in [0.1, 0.15) is 6.10 Å². The molecule has 8 unspecified atom stereocenters. The monoisotopic (exact) mass is 396 g/mol. The lowest BCUT2D eigenvalue weighted by atomic mass is 9.67. The largest absolute Gasteiger partial charge is 0.463 e. The Morgan fingerprint density at radius 3 is 2.57 bits per heavy atom. The first-order valence-electron chi connectivity index (χ1n) is 11.6. The molecule has 3 rings (SSSR count). The number of hydrogen-bond acceptors (Lipinski definition) is 5.